The predicted molar refractivity (Wildman–Crippen MR) is 71.6 cm³/mol. The molecule has 1 N–H and O–H groups in total. The minimum Gasteiger partial charge on any atom is -0.496 e. The summed E-state index contributed by atoms with van der Waals surface area (Å²) in [5.41, 5.74) is 2.42. The van der Waals surface area contributed by atoms with Crippen LogP contribution in [0.2, 0.25) is 0 Å². The summed E-state index contributed by atoms with van der Waals surface area (Å²) in [5.74, 6) is 0.948. The van der Waals surface area contributed by atoms with Gasteiger partial charge in [0.15, 0.2) is 0 Å². The van der Waals surface area contributed by atoms with Crippen LogP contribution in [0.5, 0.6) is 5.75 Å². The van der Waals surface area contributed by atoms with Crippen molar-refractivity contribution in [3.8, 4) is 11.8 Å². The molecule has 0 saturated heterocycles. The summed E-state index contributed by atoms with van der Waals surface area (Å²) in [6, 6.07) is 8.64. The van der Waals surface area contributed by atoms with E-state index in [0.717, 1.165) is 38.1 Å². The van der Waals surface area contributed by atoms with Crippen LogP contribution in [-0.4, -0.2) is 20.2 Å². The molecule has 0 radical (unpaired) electrons. The highest BCUT2D eigenvalue weighted by molar-refractivity contribution is 5.37. The highest BCUT2D eigenvalue weighted by Crippen LogP contribution is 2.43. The quantitative estimate of drug-likeness (QED) is 0.782. The first-order valence-electron chi connectivity index (χ1n) is 6.45. The maximum absolute atomic E-state index is 8.98. The molecule has 18 heavy (non-hydrogen) atoms. The Bertz CT molecular complexity index is 458. The van der Waals surface area contributed by atoms with E-state index in [0.29, 0.717) is 0 Å². The first-order chi connectivity index (χ1) is 8.69. The molecule has 2 rings (SSSR count). The summed E-state index contributed by atoms with van der Waals surface area (Å²) in [6.07, 6.45) is 3.03. The number of methoxy groups -OCH3 is 1. The second-order valence-electron chi connectivity index (χ2n) is 5.13. The molecule has 3 nitrogen and oxygen atoms in total. The van der Waals surface area contributed by atoms with E-state index in [2.05, 4.69) is 30.4 Å². The molecule has 0 amide bonds. The third-order valence-electron chi connectivity index (χ3n) is 3.56. The maximum atomic E-state index is 8.98. The Morgan fingerprint density at radius 2 is 2.22 bits per heavy atom. The molecule has 0 atom stereocenters. The smallest absolute Gasteiger partial charge is 0.122 e. The van der Waals surface area contributed by atoms with Gasteiger partial charge in [-0.2, -0.15) is 5.26 Å². The van der Waals surface area contributed by atoms with E-state index in [4.69, 9.17) is 10.00 Å². The van der Waals surface area contributed by atoms with Gasteiger partial charge in [-0.25, -0.2) is 0 Å². The Balaban J connectivity index is 1.83. The largest absolute Gasteiger partial charge is 0.496 e. The molecule has 0 aliphatic heterocycles. The van der Waals surface area contributed by atoms with Crippen LogP contribution >= 0.6 is 0 Å². The second kappa shape index (κ2) is 5.41. The molecule has 96 valence electrons. The van der Waals surface area contributed by atoms with Crippen LogP contribution in [0.25, 0.3) is 0 Å². The van der Waals surface area contributed by atoms with Gasteiger partial charge in [0.1, 0.15) is 5.75 Å². The average Bonchev–Trinajstić information content (AvgIpc) is 3.16. The lowest BCUT2D eigenvalue weighted by Gasteiger charge is -2.11. The van der Waals surface area contributed by atoms with E-state index < -0.39 is 0 Å². The van der Waals surface area contributed by atoms with Gasteiger partial charge in [0, 0.05) is 6.54 Å². The fourth-order valence-electron chi connectivity index (χ4n) is 2.13. The third kappa shape index (κ3) is 3.02. The lowest BCUT2D eigenvalue weighted by atomic mass is 10.1. The van der Waals surface area contributed by atoms with Crippen molar-refractivity contribution in [3.63, 3.8) is 0 Å². The SMILES string of the molecule is COc1ccc(C)cc1CCNCC1(C#N)CC1. The standard InChI is InChI=1S/C15H20N2O/c1-12-3-4-14(18-2)13(9-12)5-8-17-11-15(10-16)6-7-15/h3-4,9,17H,5-8,11H2,1-2H3. The highest BCUT2D eigenvalue weighted by atomic mass is 16.5. The topological polar surface area (TPSA) is 45.0 Å². The zero-order valence-electron chi connectivity index (χ0n) is 11.1. The fraction of sp³-hybridized carbons (Fsp3) is 0.533. The van der Waals surface area contributed by atoms with Gasteiger partial charge in [-0.15, -0.1) is 0 Å². The van der Waals surface area contributed by atoms with Crippen molar-refractivity contribution in [1.82, 2.24) is 5.32 Å². The fourth-order valence-corrected chi connectivity index (χ4v) is 2.13. The van der Waals surface area contributed by atoms with E-state index in [1.54, 1.807) is 7.11 Å². The summed E-state index contributed by atoms with van der Waals surface area (Å²) >= 11 is 0. The summed E-state index contributed by atoms with van der Waals surface area (Å²) in [7, 11) is 1.70. The van der Waals surface area contributed by atoms with Crippen molar-refractivity contribution in [3.05, 3.63) is 29.3 Å². The Labute approximate surface area is 109 Å². The summed E-state index contributed by atoms with van der Waals surface area (Å²) in [5, 5.41) is 12.4. The molecule has 1 fully saturated rings. The average molecular weight is 244 g/mol. The van der Waals surface area contributed by atoms with E-state index in [1.807, 2.05) is 6.07 Å². The number of rotatable bonds is 6. The van der Waals surface area contributed by atoms with Gasteiger partial charge in [-0.1, -0.05) is 17.7 Å². The molecule has 0 bridgehead atoms. The predicted octanol–water partition coefficient (Wildman–Crippen LogP) is 2.44. The number of aryl methyl sites for hydroxylation is 1. The van der Waals surface area contributed by atoms with Gasteiger partial charge >= 0.3 is 0 Å². The van der Waals surface area contributed by atoms with Crippen molar-refractivity contribution in [2.75, 3.05) is 20.2 Å². The zero-order chi connectivity index (χ0) is 13.0. The van der Waals surface area contributed by atoms with Crippen molar-refractivity contribution < 1.29 is 4.74 Å². The number of benzene rings is 1. The maximum Gasteiger partial charge on any atom is 0.122 e. The molecule has 0 unspecified atom stereocenters. The van der Waals surface area contributed by atoms with E-state index in [1.165, 1.54) is 11.1 Å². The van der Waals surface area contributed by atoms with Crippen LogP contribution in [-0.2, 0) is 6.42 Å². The first-order valence-corrected chi connectivity index (χ1v) is 6.45. The van der Waals surface area contributed by atoms with Crippen molar-refractivity contribution in [2.24, 2.45) is 5.41 Å². The Hall–Kier alpha value is -1.53. The van der Waals surface area contributed by atoms with Gasteiger partial charge in [-0.05, 0) is 44.4 Å². The molecule has 0 aromatic heterocycles. The number of hydrogen-bond acceptors (Lipinski definition) is 3. The Kier molecular flexibility index (Phi) is 3.88. The minimum atomic E-state index is -0.0588. The Morgan fingerprint density at radius 1 is 1.44 bits per heavy atom. The van der Waals surface area contributed by atoms with Crippen LogP contribution in [0.4, 0.5) is 0 Å². The second-order valence-corrected chi connectivity index (χ2v) is 5.13. The molecule has 1 aromatic carbocycles. The van der Waals surface area contributed by atoms with Crippen LogP contribution in [0, 0.1) is 23.7 Å². The van der Waals surface area contributed by atoms with Crippen molar-refractivity contribution in [1.29, 1.82) is 5.26 Å². The van der Waals surface area contributed by atoms with E-state index >= 15 is 0 Å². The third-order valence-corrected chi connectivity index (χ3v) is 3.56. The first kappa shape index (κ1) is 12.9. The van der Waals surface area contributed by atoms with Gasteiger partial charge in [0.2, 0.25) is 0 Å². The number of nitriles is 1. The van der Waals surface area contributed by atoms with Gasteiger partial charge in [-0.3, -0.25) is 0 Å². The lowest BCUT2D eigenvalue weighted by Crippen LogP contribution is -2.25. The molecule has 1 aliphatic carbocycles. The van der Waals surface area contributed by atoms with Crippen LogP contribution in [0.3, 0.4) is 0 Å². The van der Waals surface area contributed by atoms with Crippen molar-refractivity contribution in [2.45, 2.75) is 26.2 Å². The minimum absolute atomic E-state index is 0.0588. The van der Waals surface area contributed by atoms with E-state index in [9.17, 15) is 0 Å². The Morgan fingerprint density at radius 3 is 2.83 bits per heavy atom. The highest BCUT2D eigenvalue weighted by Gasteiger charge is 2.42. The van der Waals surface area contributed by atoms with Crippen LogP contribution < -0.4 is 10.1 Å². The molecular weight excluding hydrogens is 224 g/mol. The molecule has 1 aliphatic rings. The summed E-state index contributed by atoms with van der Waals surface area (Å²) in [6.45, 7) is 3.80. The number of hydrogen-bond donors (Lipinski definition) is 1. The van der Waals surface area contributed by atoms with Gasteiger partial charge < -0.3 is 10.1 Å². The van der Waals surface area contributed by atoms with Gasteiger partial charge in [0.25, 0.3) is 0 Å². The molecule has 1 saturated carbocycles. The number of nitrogens with one attached hydrogen (secondary N) is 1. The summed E-state index contributed by atoms with van der Waals surface area (Å²) < 4.78 is 5.35. The summed E-state index contributed by atoms with van der Waals surface area (Å²) in [4.78, 5) is 0. The van der Waals surface area contributed by atoms with Crippen LogP contribution in [0.1, 0.15) is 24.0 Å². The monoisotopic (exact) mass is 244 g/mol. The van der Waals surface area contributed by atoms with Crippen LogP contribution in [0.15, 0.2) is 18.2 Å². The molecular formula is C15H20N2O. The van der Waals surface area contributed by atoms with Crippen molar-refractivity contribution >= 4 is 0 Å². The number of nitrogens with zero attached hydrogens (tertiary/aromatic N) is 1. The van der Waals surface area contributed by atoms with E-state index in [-0.39, 0.29) is 5.41 Å². The van der Waals surface area contributed by atoms with Gasteiger partial charge in [0.05, 0.1) is 18.6 Å². The molecule has 3 heteroatoms. The normalized spacial score (nSPS) is 16.1. The number of ether oxygens (including phenoxy) is 1. The lowest BCUT2D eigenvalue weighted by molar-refractivity contribution is 0.408. The molecule has 0 spiro atoms. The molecule has 1 aromatic rings. The molecule has 0 heterocycles. The zero-order valence-corrected chi connectivity index (χ0v) is 11.1.